The molecule has 4 aliphatic carbocycles. The molecule has 2 saturated carbocycles. The Hall–Kier alpha value is -2.20. The summed E-state index contributed by atoms with van der Waals surface area (Å²) in [5, 5.41) is 0. The van der Waals surface area contributed by atoms with Crippen LogP contribution >= 0.6 is 0 Å². The van der Waals surface area contributed by atoms with Crippen LogP contribution in [0.5, 0.6) is 0 Å². The Bertz CT molecular complexity index is 1090. The molecule has 0 spiro atoms. The SMILES string of the molecule is COC(CS(=O)c1ccccc1)=C1CC[C@H]2[C@@H]3CCC4=CC(=O)C=C[C@]4(C)C3=CC[C@]12C. The van der Waals surface area contributed by atoms with Crippen LogP contribution in [0.1, 0.15) is 46.0 Å². The number of carbonyl (C=O) groups is 1. The Morgan fingerprint density at radius 2 is 1.94 bits per heavy atom. The van der Waals surface area contributed by atoms with Crippen LogP contribution in [0.3, 0.4) is 0 Å². The Balaban J connectivity index is 1.48. The number of fused-ring (bicyclic) bond motifs is 5. The highest BCUT2D eigenvalue weighted by Crippen LogP contribution is 2.64. The summed E-state index contributed by atoms with van der Waals surface area (Å²) >= 11 is 0. The zero-order valence-corrected chi connectivity index (χ0v) is 20.0. The van der Waals surface area contributed by atoms with Crippen LogP contribution in [0.2, 0.25) is 0 Å². The van der Waals surface area contributed by atoms with Gasteiger partial charge in [-0.25, -0.2) is 0 Å². The number of benzene rings is 1. The van der Waals surface area contributed by atoms with Gasteiger partial charge in [-0.2, -0.15) is 0 Å². The number of ether oxygens (including phenoxy) is 1. The smallest absolute Gasteiger partial charge is 0.178 e. The first kappa shape index (κ1) is 21.6. The van der Waals surface area contributed by atoms with Crippen molar-refractivity contribution in [1.82, 2.24) is 0 Å². The predicted molar refractivity (Wildman–Crippen MR) is 128 cm³/mol. The van der Waals surface area contributed by atoms with E-state index >= 15 is 0 Å². The van der Waals surface area contributed by atoms with Crippen LogP contribution in [0.4, 0.5) is 0 Å². The second-order valence-corrected chi connectivity index (χ2v) is 11.5. The molecule has 5 rings (SSSR count). The fourth-order valence-electron chi connectivity index (χ4n) is 6.84. The lowest BCUT2D eigenvalue weighted by Gasteiger charge is -2.51. The highest BCUT2D eigenvalue weighted by Gasteiger charge is 2.54. The minimum Gasteiger partial charge on any atom is -0.500 e. The molecule has 0 aliphatic heterocycles. The van der Waals surface area contributed by atoms with Gasteiger partial charge in [0.25, 0.3) is 0 Å². The van der Waals surface area contributed by atoms with E-state index < -0.39 is 10.8 Å². The van der Waals surface area contributed by atoms with E-state index in [1.54, 1.807) is 13.2 Å². The number of methoxy groups -OCH3 is 1. The van der Waals surface area contributed by atoms with Crippen molar-refractivity contribution >= 4 is 16.6 Å². The molecule has 1 aromatic rings. The molecule has 1 unspecified atom stereocenters. The molecule has 1 aromatic carbocycles. The topological polar surface area (TPSA) is 43.4 Å². The fourth-order valence-corrected chi connectivity index (χ4v) is 8.00. The van der Waals surface area contributed by atoms with E-state index in [2.05, 4.69) is 26.0 Å². The van der Waals surface area contributed by atoms with Gasteiger partial charge >= 0.3 is 0 Å². The molecular formula is C28H32O3S. The van der Waals surface area contributed by atoms with Gasteiger partial charge in [-0.05, 0) is 86.1 Å². The number of hydrogen-bond donors (Lipinski definition) is 0. The van der Waals surface area contributed by atoms with Gasteiger partial charge in [0.05, 0.1) is 23.7 Å². The van der Waals surface area contributed by atoms with Crippen molar-refractivity contribution in [1.29, 1.82) is 0 Å². The highest BCUT2D eigenvalue weighted by atomic mass is 32.2. The first-order chi connectivity index (χ1) is 15.4. The highest BCUT2D eigenvalue weighted by molar-refractivity contribution is 7.85. The van der Waals surface area contributed by atoms with E-state index in [1.165, 1.54) is 16.7 Å². The van der Waals surface area contributed by atoms with Gasteiger partial charge < -0.3 is 4.74 Å². The number of rotatable bonds is 4. The Labute approximate surface area is 193 Å². The van der Waals surface area contributed by atoms with Crippen molar-refractivity contribution in [2.75, 3.05) is 12.9 Å². The molecule has 32 heavy (non-hydrogen) atoms. The largest absolute Gasteiger partial charge is 0.500 e. The monoisotopic (exact) mass is 448 g/mol. The van der Waals surface area contributed by atoms with Crippen molar-refractivity contribution in [3.05, 3.63) is 77.1 Å². The van der Waals surface area contributed by atoms with E-state index in [-0.39, 0.29) is 16.6 Å². The van der Waals surface area contributed by atoms with E-state index in [9.17, 15) is 9.00 Å². The quantitative estimate of drug-likeness (QED) is 0.424. The second-order valence-electron chi connectivity index (χ2n) is 10.1. The van der Waals surface area contributed by atoms with Gasteiger partial charge in [0.2, 0.25) is 0 Å². The molecule has 4 aliphatic rings. The third-order valence-electron chi connectivity index (χ3n) is 8.58. The lowest BCUT2D eigenvalue weighted by atomic mass is 9.53. The minimum atomic E-state index is -1.11. The van der Waals surface area contributed by atoms with E-state index in [4.69, 9.17) is 4.74 Å². The fraction of sp³-hybridized carbons (Fsp3) is 0.464. The number of allylic oxidation sites excluding steroid dienone is 7. The normalized spacial score (nSPS) is 35.8. The Morgan fingerprint density at radius 1 is 1.16 bits per heavy atom. The van der Waals surface area contributed by atoms with Crippen LogP contribution in [-0.4, -0.2) is 22.9 Å². The Morgan fingerprint density at radius 3 is 2.69 bits per heavy atom. The van der Waals surface area contributed by atoms with Gasteiger partial charge in [0.1, 0.15) is 5.76 Å². The number of ketones is 1. The molecule has 0 aromatic heterocycles. The van der Waals surface area contributed by atoms with Crippen molar-refractivity contribution in [2.45, 2.75) is 50.8 Å². The Kier molecular flexibility index (Phi) is 5.40. The van der Waals surface area contributed by atoms with Crippen LogP contribution in [-0.2, 0) is 20.3 Å². The first-order valence-corrected chi connectivity index (χ1v) is 13.0. The molecule has 0 bridgehead atoms. The third-order valence-corrected chi connectivity index (χ3v) is 9.91. The first-order valence-electron chi connectivity index (χ1n) is 11.7. The van der Waals surface area contributed by atoms with Crippen molar-refractivity contribution in [3.63, 3.8) is 0 Å². The molecule has 0 N–H and O–H groups in total. The summed E-state index contributed by atoms with van der Waals surface area (Å²) in [6.45, 7) is 4.68. The second kappa shape index (κ2) is 7.98. The molecule has 0 amide bonds. The van der Waals surface area contributed by atoms with Gasteiger partial charge in [-0.15, -0.1) is 0 Å². The molecule has 2 fully saturated rings. The van der Waals surface area contributed by atoms with E-state index in [0.717, 1.165) is 42.8 Å². The summed E-state index contributed by atoms with van der Waals surface area (Å²) in [4.78, 5) is 12.8. The van der Waals surface area contributed by atoms with E-state index in [0.29, 0.717) is 17.6 Å². The summed E-state index contributed by atoms with van der Waals surface area (Å²) in [6, 6.07) is 9.69. The molecule has 4 heteroatoms. The molecule has 0 radical (unpaired) electrons. The van der Waals surface area contributed by atoms with Gasteiger partial charge in [-0.3, -0.25) is 9.00 Å². The molecule has 0 saturated heterocycles. The van der Waals surface area contributed by atoms with E-state index in [1.807, 2.05) is 36.4 Å². The molecule has 3 nitrogen and oxygen atoms in total. The van der Waals surface area contributed by atoms with Crippen molar-refractivity contribution < 1.29 is 13.7 Å². The van der Waals surface area contributed by atoms with Gasteiger partial charge in [0, 0.05) is 10.3 Å². The minimum absolute atomic E-state index is 0.0478. The summed E-state index contributed by atoms with van der Waals surface area (Å²) in [6.07, 6.45) is 13.5. The summed E-state index contributed by atoms with van der Waals surface area (Å²) in [5.74, 6) is 2.58. The van der Waals surface area contributed by atoms with Crippen molar-refractivity contribution in [2.24, 2.45) is 22.7 Å². The zero-order chi connectivity index (χ0) is 22.5. The zero-order valence-electron chi connectivity index (χ0n) is 19.2. The molecule has 168 valence electrons. The standard InChI is InChI=1S/C28H32O3S/c1-27-15-13-20(29)17-19(27)9-10-22-23-11-12-25(28(23,2)16-14-24(22)27)26(31-3)18-32(30)21-7-5-4-6-8-21/h4-8,13-15,17,22-23H,9-12,16,18H2,1-3H3/t22-,23-,27-,28-,32?/m0/s1. The van der Waals surface area contributed by atoms with Crippen LogP contribution in [0.25, 0.3) is 0 Å². The number of hydrogen-bond acceptors (Lipinski definition) is 3. The summed E-state index contributed by atoms with van der Waals surface area (Å²) in [5.41, 5.74) is 4.09. The lowest BCUT2D eigenvalue weighted by molar-refractivity contribution is -0.110. The molecule has 0 heterocycles. The average Bonchev–Trinajstić information content (AvgIpc) is 3.15. The third kappa shape index (κ3) is 3.30. The van der Waals surface area contributed by atoms with Crippen LogP contribution in [0.15, 0.2) is 82.0 Å². The number of carbonyl (C=O) groups excluding carboxylic acids is 1. The predicted octanol–water partition coefficient (Wildman–Crippen LogP) is 5.92. The maximum absolute atomic E-state index is 13.0. The maximum atomic E-state index is 13.0. The van der Waals surface area contributed by atoms with Gasteiger partial charge in [-0.1, -0.05) is 48.4 Å². The average molecular weight is 449 g/mol. The lowest BCUT2D eigenvalue weighted by Crippen LogP contribution is -2.42. The van der Waals surface area contributed by atoms with Gasteiger partial charge in [0.15, 0.2) is 5.78 Å². The van der Waals surface area contributed by atoms with Crippen LogP contribution in [0, 0.1) is 22.7 Å². The van der Waals surface area contributed by atoms with Crippen molar-refractivity contribution in [3.8, 4) is 0 Å². The van der Waals surface area contributed by atoms with Crippen LogP contribution < -0.4 is 0 Å². The molecule has 5 atom stereocenters. The maximum Gasteiger partial charge on any atom is 0.178 e. The summed E-state index contributed by atoms with van der Waals surface area (Å²) in [7, 11) is 0.620. The molecular weight excluding hydrogens is 416 g/mol. The summed E-state index contributed by atoms with van der Waals surface area (Å²) < 4.78 is 18.9.